The second-order valence-electron chi connectivity index (χ2n) is 12.8. The largest absolute Gasteiger partial charge is 0.489 e. The molecule has 5 heterocycles. The molecule has 2 saturated heterocycles. The van der Waals surface area contributed by atoms with Crippen molar-refractivity contribution in [1.82, 2.24) is 14.8 Å². The molecule has 53 heavy (non-hydrogen) atoms. The predicted molar refractivity (Wildman–Crippen MR) is 182 cm³/mol. The number of alkyl halides is 6. The molecule has 3 aliphatic heterocycles. The molecule has 2 fully saturated rings. The van der Waals surface area contributed by atoms with Crippen molar-refractivity contribution in [2.24, 2.45) is 0 Å². The van der Waals surface area contributed by atoms with Crippen molar-refractivity contribution in [2.75, 3.05) is 57.4 Å². The Morgan fingerprint density at radius 2 is 1.79 bits per heavy atom. The molecule has 0 unspecified atom stereocenters. The number of aromatic nitrogens is 1. The van der Waals surface area contributed by atoms with E-state index in [1.54, 1.807) is 24.3 Å². The molecule has 6 rings (SSSR count). The third-order valence-corrected chi connectivity index (χ3v) is 10.4. The van der Waals surface area contributed by atoms with Crippen LogP contribution in [0.1, 0.15) is 52.9 Å². The van der Waals surface area contributed by atoms with Crippen LogP contribution in [0.25, 0.3) is 0 Å². The van der Waals surface area contributed by atoms with E-state index < -0.39 is 57.7 Å². The first-order chi connectivity index (χ1) is 25.3. The van der Waals surface area contributed by atoms with Crippen LogP contribution in [0, 0.1) is 0 Å². The van der Waals surface area contributed by atoms with Gasteiger partial charge in [0.25, 0.3) is 11.8 Å². The summed E-state index contributed by atoms with van der Waals surface area (Å²) in [7, 11) is 0. The summed E-state index contributed by atoms with van der Waals surface area (Å²) in [5, 5.41) is 10.4. The Bertz CT molecular complexity index is 1790. The number of hydrogen-bond acceptors (Lipinski definition) is 9. The van der Waals surface area contributed by atoms with Gasteiger partial charge in [-0.3, -0.25) is 9.59 Å². The summed E-state index contributed by atoms with van der Waals surface area (Å²) in [6.07, 6.45) is -4.30. The van der Waals surface area contributed by atoms with E-state index >= 15 is 0 Å². The number of piperazine rings is 1. The van der Waals surface area contributed by atoms with E-state index in [9.17, 15) is 41.0 Å². The minimum absolute atomic E-state index is 0.00238. The summed E-state index contributed by atoms with van der Waals surface area (Å²) in [6, 6.07) is 7.48. The Labute approximate surface area is 305 Å². The Hall–Kier alpha value is -4.51. The molecule has 10 nitrogen and oxygen atoms in total. The first kappa shape index (κ1) is 38.2. The molecule has 3 aromatic rings. The number of amides is 2. The predicted octanol–water partition coefficient (Wildman–Crippen LogP) is 6.44. The van der Waals surface area contributed by atoms with E-state index in [2.05, 4.69) is 4.98 Å². The SMILES string of the molecule is O=C1c2c(C(F)(F)F)ccnc2OCCC/C=C\C[C@H]2N1CCC[C@@]2(Oc1csc(C(F)(F)F)c1)C(=O)N1CCN(c2ccccc2OCCO)CC1. The van der Waals surface area contributed by atoms with Crippen molar-refractivity contribution in [3.05, 3.63) is 76.1 Å². The Kier molecular flexibility index (Phi) is 11.4. The van der Waals surface area contributed by atoms with E-state index in [1.165, 1.54) is 4.90 Å². The highest BCUT2D eigenvalue weighted by molar-refractivity contribution is 7.10. The van der Waals surface area contributed by atoms with Crippen molar-refractivity contribution in [2.45, 2.75) is 56.1 Å². The highest BCUT2D eigenvalue weighted by Crippen LogP contribution is 2.44. The van der Waals surface area contributed by atoms with Crippen molar-refractivity contribution >= 4 is 28.8 Å². The number of anilines is 1. The number of nitrogens with zero attached hydrogens (tertiary/aromatic N) is 4. The summed E-state index contributed by atoms with van der Waals surface area (Å²) in [4.78, 5) is 37.1. The number of pyridine rings is 1. The summed E-state index contributed by atoms with van der Waals surface area (Å²) in [6.45, 7) is 0.809. The maximum absolute atomic E-state index is 15.0. The number of rotatable bonds is 7. The number of hydrogen-bond donors (Lipinski definition) is 1. The summed E-state index contributed by atoms with van der Waals surface area (Å²) < 4.78 is 102. The molecule has 2 aromatic heterocycles. The number of ether oxygens (including phenoxy) is 3. The third-order valence-electron chi connectivity index (χ3n) is 9.48. The molecular formula is C36H38F6N4O6S. The molecule has 286 valence electrons. The number of piperidine rings is 1. The molecule has 0 saturated carbocycles. The molecule has 1 aromatic carbocycles. The zero-order chi connectivity index (χ0) is 37.8. The molecule has 3 aliphatic rings. The summed E-state index contributed by atoms with van der Waals surface area (Å²) >= 11 is 0.386. The molecule has 1 N–H and O–H groups in total. The van der Waals surface area contributed by atoms with Gasteiger partial charge >= 0.3 is 12.4 Å². The number of benzene rings is 1. The standard InChI is InChI=1S/C36H38F6N4O6S/c37-35(38,39)25-11-13-43-31-30(25)32(48)46-14-7-12-34(28(46)10-3-1-2-6-20-51-31,52-24-22-29(53-23-24)36(40,41)42)33(49)45-17-15-44(16-18-45)26-8-4-5-9-27(26)50-21-19-47/h1,3-5,8-9,11,13,22-23,28,47H,2,6-7,10,12,14-21H2/b3-1-/t28-,34+/m1/s1. The Morgan fingerprint density at radius 3 is 2.51 bits per heavy atom. The number of aliphatic hydroxyl groups excluding tert-OH is 1. The van der Waals surface area contributed by atoms with Crippen LogP contribution < -0.4 is 19.1 Å². The minimum Gasteiger partial charge on any atom is -0.489 e. The second kappa shape index (κ2) is 15.8. The molecule has 2 atom stereocenters. The quantitative estimate of drug-likeness (QED) is 0.217. The Morgan fingerprint density at radius 1 is 1.02 bits per heavy atom. The van der Waals surface area contributed by atoms with Crippen molar-refractivity contribution < 1.29 is 55.2 Å². The van der Waals surface area contributed by atoms with Crippen LogP contribution in [0.2, 0.25) is 0 Å². The third kappa shape index (κ3) is 8.20. The smallest absolute Gasteiger partial charge is 0.425 e. The zero-order valence-electron chi connectivity index (χ0n) is 28.5. The molecule has 2 amide bonds. The molecule has 0 spiro atoms. The first-order valence-corrected chi connectivity index (χ1v) is 18.1. The first-order valence-electron chi connectivity index (χ1n) is 17.2. The lowest BCUT2D eigenvalue weighted by molar-refractivity contribution is -0.159. The van der Waals surface area contributed by atoms with Crippen LogP contribution in [0.4, 0.5) is 32.0 Å². The van der Waals surface area contributed by atoms with E-state index in [4.69, 9.17) is 14.2 Å². The highest BCUT2D eigenvalue weighted by atomic mass is 32.1. The van der Waals surface area contributed by atoms with Crippen LogP contribution in [0.5, 0.6) is 17.4 Å². The fourth-order valence-electron chi connectivity index (χ4n) is 7.06. The minimum atomic E-state index is -4.95. The van der Waals surface area contributed by atoms with Gasteiger partial charge in [0, 0.05) is 56.8 Å². The number of aliphatic hydroxyl groups is 1. The molecule has 17 heteroatoms. The number of carbonyl (C=O) groups is 2. The maximum atomic E-state index is 15.0. The van der Waals surface area contributed by atoms with Gasteiger partial charge in [0.15, 0.2) is 0 Å². The van der Waals surface area contributed by atoms with Gasteiger partial charge in [0.05, 0.1) is 30.5 Å². The highest BCUT2D eigenvalue weighted by Gasteiger charge is 2.56. The number of halogens is 6. The zero-order valence-corrected chi connectivity index (χ0v) is 29.3. The molecule has 0 radical (unpaired) electrons. The monoisotopic (exact) mass is 768 g/mol. The second-order valence-corrected chi connectivity index (χ2v) is 13.7. The van der Waals surface area contributed by atoms with E-state index in [1.807, 2.05) is 17.0 Å². The van der Waals surface area contributed by atoms with Crippen LogP contribution in [0.3, 0.4) is 0 Å². The van der Waals surface area contributed by atoms with E-state index in [0.29, 0.717) is 49.1 Å². The molecule has 0 aliphatic carbocycles. The van der Waals surface area contributed by atoms with Crippen molar-refractivity contribution in [3.8, 4) is 17.4 Å². The normalized spacial score (nSPS) is 22.1. The average molecular weight is 769 g/mol. The lowest BCUT2D eigenvalue weighted by Gasteiger charge is -2.50. The van der Waals surface area contributed by atoms with Crippen LogP contribution in [-0.4, -0.2) is 95.9 Å². The van der Waals surface area contributed by atoms with Gasteiger partial charge in [-0.1, -0.05) is 24.3 Å². The average Bonchev–Trinajstić information content (AvgIpc) is 3.62. The van der Waals surface area contributed by atoms with Gasteiger partial charge in [0.2, 0.25) is 11.5 Å². The van der Waals surface area contributed by atoms with Crippen LogP contribution in [-0.2, 0) is 17.1 Å². The van der Waals surface area contributed by atoms with E-state index in [0.717, 1.165) is 28.2 Å². The van der Waals surface area contributed by atoms with Gasteiger partial charge in [-0.25, -0.2) is 4.98 Å². The van der Waals surface area contributed by atoms with Gasteiger partial charge in [-0.05, 0) is 43.9 Å². The number of para-hydroxylation sites is 2. The molecule has 0 bridgehead atoms. The number of thiophene rings is 1. The number of allylic oxidation sites excluding steroid dienone is 1. The lowest BCUT2D eigenvalue weighted by atomic mass is 9.80. The van der Waals surface area contributed by atoms with Gasteiger partial charge in [-0.15, -0.1) is 11.3 Å². The fourth-order valence-corrected chi connectivity index (χ4v) is 7.73. The maximum Gasteiger partial charge on any atom is 0.425 e. The molecular weight excluding hydrogens is 730 g/mol. The number of carbonyl (C=O) groups excluding carboxylic acids is 2. The van der Waals surface area contributed by atoms with Crippen LogP contribution >= 0.6 is 11.3 Å². The van der Waals surface area contributed by atoms with E-state index in [-0.39, 0.29) is 64.5 Å². The Balaban J connectivity index is 1.40. The van der Waals surface area contributed by atoms with Gasteiger partial charge < -0.3 is 34.0 Å². The topological polar surface area (TPSA) is 105 Å². The van der Waals surface area contributed by atoms with Gasteiger partial charge in [-0.2, -0.15) is 26.3 Å². The van der Waals surface area contributed by atoms with Crippen molar-refractivity contribution in [3.63, 3.8) is 0 Å². The lowest BCUT2D eigenvalue weighted by Crippen LogP contribution is -2.69. The van der Waals surface area contributed by atoms with Gasteiger partial charge in [0.1, 0.15) is 28.5 Å². The fraction of sp³-hybridized carbons (Fsp3) is 0.472. The number of fused-ring (bicyclic) bond motifs is 2. The summed E-state index contributed by atoms with van der Waals surface area (Å²) in [5.41, 5.74) is -3.29. The van der Waals surface area contributed by atoms with Crippen LogP contribution in [0.15, 0.2) is 60.1 Å². The summed E-state index contributed by atoms with van der Waals surface area (Å²) in [5.74, 6) is -1.87. The van der Waals surface area contributed by atoms with Crippen molar-refractivity contribution in [1.29, 1.82) is 0 Å².